The monoisotopic (exact) mass is 345 g/mol. The fraction of sp³-hybridized carbons (Fsp3) is 0.111. The lowest BCUT2D eigenvalue weighted by molar-refractivity contribution is 0.0532. The lowest BCUT2D eigenvalue weighted by Gasteiger charge is -2.02. The molecule has 6 heteroatoms. The molecule has 0 unspecified atom stereocenters. The van der Waals surface area contributed by atoms with Gasteiger partial charge in [0.25, 0.3) is 0 Å². The first-order valence-corrected chi connectivity index (χ1v) is 8.10. The smallest absolute Gasteiger partial charge is 0.350 e. The summed E-state index contributed by atoms with van der Waals surface area (Å²) in [5.41, 5.74) is 1.74. The Balaban J connectivity index is 2.10. The van der Waals surface area contributed by atoms with Gasteiger partial charge in [0, 0.05) is 11.1 Å². The summed E-state index contributed by atoms with van der Waals surface area (Å²) in [6, 6.07) is 11.6. The zero-order valence-electron chi connectivity index (χ0n) is 12.8. The van der Waals surface area contributed by atoms with Crippen LogP contribution < -0.4 is 0 Å². The molecule has 3 nitrogen and oxygen atoms in total. The van der Waals surface area contributed by atoms with E-state index in [-0.39, 0.29) is 18.2 Å². The summed E-state index contributed by atoms with van der Waals surface area (Å²) in [7, 11) is 0. The maximum atomic E-state index is 13.1. The zero-order valence-corrected chi connectivity index (χ0v) is 13.6. The van der Waals surface area contributed by atoms with Gasteiger partial charge in [0.2, 0.25) is 0 Å². The highest BCUT2D eigenvalue weighted by Gasteiger charge is 2.21. The fourth-order valence-electron chi connectivity index (χ4n) is 2.17. The quantitative estimate of drug-likeness (QED) is 0.629. The minimum Gasteiger partial charge on any atom is -0.462 e. The van der Waals surface area contributed by atoms with E-state index in [1.165, 1.54) is 24.3 Å². The van der Waals surface area contributed by atoms with Crippen molar-refractivity contribution in [1.29, 1.82) is 0 Å². The van der Waals surface area contributed by atoms with Gasteiger partial charge in [-0.2, -0.15) is 0 Å². The van der Waals surface area contributed by atoms with E-state index in [9.17, 15) is 13.6 Å². The predicted octanol–water partition coefficient (Wildman–Crippen LogP) is 4.93. The van der Waals surface area contributed by atoms with Crippen molar-refractivity contribution in [2.45, 2.75) is 6.92 Å². The molecule has 0 N–H and O–H groups in total. The third-order valence-electron chi connectivity index (χ3n) is 3.30. The number of nitrogens with zero attached hydrogens (tertiary/aromatic N) is 1. The average molecular weight is 345 g/mol. The van der Waals surface area contributed by atoms with Gasteiger partial charge in [-0.1, -0.05) is 0 Å². The number of benzene rings is 2. The van der Waals surface area contributed by atoms with E-state index in [1.807, 2.05) is 0 Å². The van der Waals surface area contributed by atoms with E-state index < -0.39 is 5.97 Å². The summed E-state index contributed by atoms with van der Waals surface area (Å²) >= 11 is 1.16. The molecule has 0 spiro atoms. The van der Waals surface area contributed by atoms with Gasteiger partial charge >= 0.3 is 5.97 Å². The summed E-state index contributed by atoms with van der Waals surface area (Å²) in [5.74, 6) is -1.20. The van der Waals surface area contributed by atoms with Crippen LogP contribution >= 0.6 is 11.3 Å². The number of aromatic nitrogens is 1. The van der Waals surface area contributed by atoms with E-state index in [2.05, 4.69) is 4.98 Å². The molecule has 3 aromatic rings. The van der Waals surface area contributed by atoms with E-state index in [0.29, 0.717) is 26.7 Å². The molecular formula is C18H13F2NO2S. The van der Waals surface area contributed by atoms with Crippen LogP contribution in [0.25, 0.3) is 21.8 Å². The van der Waals surface area contributed by atoms with Crippen LogP contribution in [0, 0.1) is 11.6 Å². The Hall–Kier alpha value is -2.60. The molecule has 0 fully saturated rings. The van der Waals surface area contributed by atoms with Gasteiger partial charge in [-0.3, -0.25) is 0 Å². The Morgan fingerprint density at radius 1 is 1.00 bits per heavy atom. The van der Waals surface area contributed by atoms with Gasteiger partial charge in [-0.15, -0.1) is 11.3 Å². The topological polar surface area (TPSA) is 39.2 Å². The summed E-state index contributed by atoms with van der Waals surface area (Å²) < 4.78 is 31.3. The van der Waals surface area contributed by atoms with Gasteiger partial charge in [0.15, 0.2) is 0 Å². The molecule has 0 aliphatic carbocycles. The molecule has 3 rings (SSSR count). The van der Waals surface area contributed by atoms with Crippen LogP contribution in [0.3, 0.4) is 0 Å². The van der Waals surface area contributed by atoms with Crippen molar-refractivity contribution in [2.24, 2.45) is 0 Å². The van der Waals surface area contributed by atoms with Crippen LogP contribution in [0.1, 0.15) is 16.6 Å². The van der Waals surface area contributed by atoms with Gasteiger partial charge in [-0.05, 0) is 55.5 Å². The van der Waals surface area contributed by atoms with Crippen LogP contribution in [0.2, 0.25) is 0 Å². The van der Waals surface area contributed by atoms with E-state index in [4.69, 9.17) is 4.74 Å². The molecule has 0 amide bonds. The number of rotatable bonds is 4. The van der Waals surface area contributed by atoms with Gasteiger partial charge in [0.1, 0.15) is 21.5 Å². The molecule has 2 aromatic carbocycles. The number of carbonyl (C=O) groups excluding carboxylic acids is 1. The number of hydrogen-bond acceptors (Lipinski definition) is 4. The van der Waals surface area contributed by atoms with E-state index in [1.54, 1.807) is 31.2 Å². The van der Waals surface area contributed by atoms with Crippen molar-refractivity contribution in [3.63, 3.8) is 0 Å². The first-order chi connectivity index (χ1) is 11.6. The highest BCUT2D eigenvalue weighted by atomic mass is 32.1. The highest BCUT2D eigenvalue weighted by Crippen LogP contribution is 2.34. The number of esters is 1. The second-order valence-corrected chi connectivity index (χ2v) is 5.93. The number of thiazole rings is 1. The van der Waals surface area contributed by atoms with Crippen molar-refractivity contribution in [3.05, 3.63) is 65.0 Å². The van der Waals surface area contributed by atoms with Gasteiger partial charge in [-0.25, -0.2) is 18.6 Å². The standard InChI is InChI=1S/C18H13F2NO2S/c1-2-23-18(22)16-15(11-3-7-13(19)8-4-11)21-17(24-16)12-5-9-14(20)10-6-12/h3-10H,2H2,1H3. The number of halogens is 2. The molecule has 1 heterocycles. The largest absolute Gasteiger partial charge is 0.462 e. The van der Waals surface area contributed by atoms with Gasteiger partial charge < -0.3 is 4.74 Å². The van der Waals surface area contributed by atoms with E-state index >= 15 is 0 Å². The van der Waals surface area contributed by atoms with Crippen LogP contribution in [0.5, 0.6) is 0 Å². The van der Waals surface area contributed by atoms with Crippen LogP contribution in [-0.4, -0.2) is 17.6 Å². The molecule has 0 saturated carbocycles. The highest BCUT2D eigenvalue weighted by molar-refractivity contribution is 7.17. The molecule has 24 heavy (non-hydrogen) atoms. The van der Waals surface area contributed by atoms with Crippen molar-refractivity contribution < 1.29 is 18.3 Å². The predicted molar refractivity (Wildman–Crippen MR) is 88.9 cm³/mol. The molecule has 1 aromatic heterocycles. The minimum absolute atomic E-state index is 0.242. The lowest BCUT2D eigenvalue weighted by atomic mass is 10.1. The zero-order chi connectivity index (χ0) is 17.1. The fourth-order valence-corrected chi connectivity index (χ4v) is 3.16. The molecule has 0 saturated heterocycles. The van der Waals surface area contributed by atoms with Crippen molar-refractivity contribution in [1.82, 2.24) is 4.98 Å². The maximum Gasteiger partial charge on any atom is 0.350 e. The lowest BCUT2D eigenvalue weighted by Crippen LogP contribution is -2.03. The molecule has 0 aliphatic rings. The molecule has 0 atom stereocenters. The molecule has 122 valence electrons. The Kier molecular flexibility index (Phi) is 4.66. The molecule has 0 aliphatic heterocycles. The Bertz CT molecular complexity index is 858. The summed E-state index contributed by atoms with van der Waals surface area (Å²) in [6.07, 6.45) is 0. The normalized spacial score (nSPS) is 10.6. The second kappa shape index (κ2) is 6.88. The third kappa shape index (κ3) is 3.33. The summed E-state index contributed by atoms with van der Waals surface area (Å²) in [5, 5.41) is 0.567. The number of carbonyl (C=O) groups is 1. The number of hydrogen-bond donors (Lipinski definition) is 0. The average Bonchev–Trinajstić information content (AvgIpc) is 3.02. The molecule has 0 radical (unpaired) electrons. The molecular weight excluding hydrogens is 332 g/mol. The Morgan fingerprint density at radius 3 is 2.08 bits per heavy atom. The third-order valence-corrected chi connectivity index (χ3v) is 4.38. The first kappa shape index (κ1) is 16.3. The van der Waals surface area contributed by atoms with E-state index in [0.717, 1.165) is 11.3 Å². The minimum atomic E-state index is -0.484. The Morgan fingerprint density at radius 2 is 1.54 bits per heavy atom. The maximum absolute atomic E-state index is 13.1. The van der Waals surface area contributed by atoms with Crippen molar-refractivity contribution in [3.8, 4) is 21.8 Å². The summed E-state index contributed by atoms with van der Waals surface area (Å²) in [6.45, 7) is 1.96. The van der Waals surface area contributed by atoms with Crippen LogP contribution in [0.15, 0.2) is 48.5 Å². The number of ether oxygens (including phenoxy) is 1. The van der Waals surface area contributed by atoms with Gasteiger partial charge in [0.05, 0.1) is 12.3 Å². The van der Waals surface area contributed by atoms with Crippen molar-refractivity contribution >= 4 is 17.3 Å². The second-order valence-electron chi connectivity index (χ2n) is 4.93. The molecule has 0 bridgehead atoms. The SMILES string of the molecule is CCOC(=O)c1sc(-c2ccc(F)cc2)nc1-c1ccc(F)cc1. The van der Waals surface area contributed by atoms with Crippen molar-refractivity contribution in [2.75, 3.05) is 6.61 Å². The first-order valence-electron chi connectivity index (χ1n) is 7.28. The van der Waals surface area contributed by atoms with Crippen LogP contribution in [0.4, 0.5) is 8.78 Å². The van der Waals surface area contributed by atoms with Crippen LogP contribution in [-0.2, 0) is 4.74 Å². The summed E-state index contributed by atoms with van der Waals surface area (Å²) in [4.78, 5) is 17.0. The Labute approximate surface area is 141 Å².